The summed E-state index contributed by atoms with van der Waals surface area (Å²) in [6, 6.07) is 13.2. The van der Waals surface area contributed by atoms with Crippen LogP contribution in [0.3, 0.4) is 0 Å². The van der Waals surface area contributed by atoms with E-state index in [0.29, 0.717) is 16.5 Å². The summed E-state index contributed by atoms with van der Waals surface area (Å²) < 4.78 is 5.50. The Morgan fingerprint density at radius 1 is 1.10 bits per heavy atom. The van der Waals surface area contributed by atoms with Crippen LogP contribution in [0.5, 0.6) is 0 Å². The van der Waals surface area contributed by atoms with Gasteiger partial charge in [-0.15, -0.1) is 0 Å². The molecule has 8 heteroatoms. The minimum absolute atomic E-state index is 0.0483. The molecule has 0 radical (unpaired) electrons. The maximum Gasteiger partial charge on any atom is 0.339 e. The Bertz CT molecular complexity index is 1190. The quantitative estimate of drug-likeness (QED) is 0.377. The first kappa shape index (κ1) is 20.5. The van der Waals surface area contributed by atoms with Crippen molar-refractivity contribution in [2.75, 3.05) is 5.32 Å². The predicted octanol–water partition coefficient (Wildman–Crippen LogP) is 4.21. The number of amides is 1. The number of carbonyl (C=O) groups is 2. The summed E-state index contributed by atoms with van der Waals surface area (Å²) in [6.45, 7) is 1.44. The highest BCUT2D eigenvalue weighted by Crippen LogP contribution is 2.30. The first-order chi connectivity index (χ1) is 15.0. The highest BCUT2D eigenvalue weighted by molar-refractivity contribution is 6.06. The second-order valence-electron chi connectivity index (χ2n) is 7.45. The van der Waals surface area contributed by atoms with Crippen LogP contribution in [0.2, 0.25) is 0 Å². The maximum atomic E-state index is 13.1. The van der Waals surface area contributed by atoms with E-state index >= 15 is 0 Å². The molecule has 158 valence electrons. The van der Waals surface area contributed by atoms with E-state index in [1.165, 1.54) is 25.1 Å². The number of benzene rings is 2. The summed E-state index contributed by atoms with van der Waals surface area (Å²) in [5.41, 5.74) is 2.75. The zero-order valence-corrected chi connectivity index (χ0v) is 17.0. The van der Waals surface area contributed by atoms with Crippen molar-refractivity contribution in [2.24, 2.45) is 0 Å². The number of ether oxygens (including phenoxy) is 1. The number of fused-ring (bicyclic) bond motifs is 2. The fourth-order valence-corrected chi connectivity index (χ4v) is 3.85. The average Bonchev–Trinajstić information content (AvgIpc) is 2.77. The van der Waals surface area contributed by atoms with E-state index in [-0.39, 0.29) is 11.4 Å². The molecule has 0 fully saturated rings. The predicted molar refractivity (Wildman–Crippen MR) is 115 cm³/mol. The number of hydrogen-bond donors (Lipinski definition) is 1. The lowest BCUT2D eigenvalue weighted by molar-refractivity contribution is -0.383. The van der Waals surface area contributed by atoms with Gasteiger partial charge in [-0.05, 0) is 50.3 Å². The number of nitro benzene ring substituents is 1. The van der Waals surface area contributed by atoms with Crippen LogP contribution in [0.25, 0.3) is 10.9 Å². The van der Waals surface area contributed by atoms with Crippen LogP contribution in [-0.4, -0.2) is 27.9 Å². The minimum Gasteiger partial charge on any atom is -0.449 e. The minimum atomic E-state index is -1.14. The van der Waals surface area contributed by atoms with Crippen LogP contribution in [0.4, 0.5) is 11.4 Å². The van der Waals surface area contributed by atoms with Crippen LogP contribution in [0.1, 0.15) is 41.4 Å². The molecule has 0 spiro atoms. The number of para-hydroxylation sites is 3. The molecule has 4 rings (SSSR count). The van der Waals surface area contributed by atoms with Crippen molar-refractivity contribution in [1.82, 2.24) is 4.98 Å². The van der Waals surface area contributed by atoms with E-state index in [1.807, 2.05) is 24.3 Å². The third-order valence-electron chi connectivity index (χ3n) is 5.39. The number of anilines is 1. The number of pyridine rings is 1. The molecule has 1 amide bonds. The molecule has 1 heterocycles. The molecule has 31 heavy (non-hydrogen) atoms. The van der Waals surface area contributed by atoms with Gasteiger partial charge in [0, 0.05) is 17.1 Å². The number of aromatic nitrogens is 1. The Hall–Kier alpha value is -3.81. The Kier molecular flexibility index (Phi) is 5.62. The van der Waals surface area contributed by atoms with E-state index in [9.17, 15) is 19.7 Å². The summed E-state index contributed by atoms with van der Waals surface area (Å²) in [5.74, 6) is -1.24. The van der Waals surface area contributed by atoms with Crippen LogP contribution in [0.15, 0.2) is 48.5 Å². The van der Waals surface area contributed by atoms with E-state index < -0.39 is 22.9 Å². The summed E-state index contributed by atoms with van der Waals surface area (Å²) in [6.07, 6.45) is 2.36. The molecular formula is C23H21N3O5. The van der Waals surface area contributed by atoms with Gasteiger partial charge in [-0.3, -0.25) is 19.9 Å². The normalized spacial score (nSPS) is 13.8. The van der Waals surface area contributed by atoms with Gasteiger partial charge in [0.1, 0.15) is 5.69 Å². The lowest BCUT2D eigenvalue weighted by atomic mass is 9.90. The number of nitrogens with zero attached hydrogens (tertiary/aromatic N) is 2. The zero-order chi connectivity index (χ0) is 22.0. The Balaban J connectivity index is 1.59. The largest absolute Gasteiger partial charge is 0.449 e. The molecule has 0 unspecified atom stereocenters. The third kappa shape index (κ3) is 4.09. The number of nitro groups is 1. The zero-order valence-electron chi connectivity index (χ0n) is 17.0. The Morgan fingerprint density at radius 2 is 1.81 bits per heavy atom. The SMILES string of the molecule is C[C@@H](OC(=O)c1c2c(nc3ccccc13)CCCC2)C(=O)Nc1ccccc1[N+](=O)[O-]. The summed E-state index contributed by atoms with van der Waals surface area (Å²) in [5, 5.41) is 14.3. The van der Waals surface area contributed by atoms with Crippen LogP contribution in [-0.2, 0) is 22.4 Å². The molecule has 0 saturated carbocycles. The standard InChI is InChI=1S/C23H21N3O5/c1-14(22(27)25-19-12-6-7-13-20(19)26(29)30)31-23(28)21-15-8-2-4-10-17(15)24-18-11-5-3-9-16(18)21/h2,4,6-8,10,12-14H,3,5,9,11H2,1H3,(H,25,27)/t14-/m1/s1. The second kappa shape index (κ2) is 8.51. The van der Waals surface area contributed by atoms with Crippen molar-refractivity contribution < 1.29 is 19.2 Å². The fourth-order valence-electron chi connectivity index (χ4n) is 3.85. The summed E-state index contributed by atoms with van der Waals surface area (Å²) >= 11 is 0. The molecule has 2 aromatic carbocycles. The topological polar surface area (TPSA) is 111 Å². The maximum absolute atomic E-state index is 13.1. The Labute approximate surface area is 178 Å². The van der Waals surface area contributed by atoms with Gasteiger partial charge < -0.3 is 10.1 Å². The van der Waals surface area contributed by atoms with Crippen molar-refractivity contribution >= 4 is 34.2 Å². The monoisotopic (exact) mass is 419 g/mol. The fraction of sp³-hybridized carbons (Fsp3) is 0.261. The number of nitrogens with one attached hydrogen (secondary N) is 1. The van der Waals surface area contributed by atoms with Gasteiger partial charge in [-0.25, -0.2) is 4.79 Å². The number of aryl methyl sites for hydroxylation is 1. The second-order valence-corrected chi connectivity index (χ2v) is 7.45. The van der Waals surface area contributed by atoms with Crippen molar-refractivity contribution in [3.8, 4) is 0 Å². The molecule has 3 aromatic rings. The van der Waals surface area contributed by atoms with E-state index in [4.69, 9.17) is 9.72 Å². The van der Waals surface area contributed by atoms with Gasteiger partial charge in [0.25, 0.3) is 11.6 Å². The van der Waals surface area contributed by atoms with Crippen molar-refractivity contribution in [2.45, 2.75) is 38.7 Å². The molecule has 1 N–H and O–H groups in total. The molecule has 1 atom stereocenters. The van der Waals surface area contributed by atoms with Gasteiger partial charge in [-0.1, -0.05) is 30.3 Å². The van der Waals surface area contributed by atoms with Gasteiger partial charge in [-0.2, -0.15) is 0 Å². The summed E-state index contributed by atoms with van der Waals surface area (Å²) in [7, 11) is 0. The highest BCUT2D eigenvalue weighted by atomic mass is 16.6. The lowest BCUT2D eigenvalue weighted by Crippen LogP contribution is -2.31. The number of rotatable bonds is 5. The highest BCUT2D eigenvalue weighted by Gasteiger charge is 2.27. The molecular weight excluding hydrogens is 398 g/mol. The van der Waals surface area contributed by atoms with Crippen LogP contribution >= 0.6 is 0 Å². The van der Waals surface area contributed by atoms with Gasteiger partial charge >= 0.3 is 5.97 Å². The van der Waals surface area contributed by atoms with Gasteiger partial charge in [0.2, 0.25) is 0 Å². The number of esters is 1. The van der Waals surface area contributed by atoms with E-state index in [0.717, 1.165) is 36.9 Å². The lowest BCUT2D eigenvalue weighted by Gasteiger charge is -2.21. The number of hydrogen-bond acceptors (Lipinski definition) is 6. The van der Waals surface area contributed by atoms with Crippen LogP contribution < -0.4 is 5.32 Å². The van der Waals surface area contributed by atoms with E-state index in [2.05, 4.69) is 5.32 Å². The third-order valence-corrected chi connectivity index (χ3v) is 5.39. The first-order valence-electron chi connectivity index (χ1n) is 10.1. The molecule has 0 aliphatic heterocycles. The molecule has 1 aromatic heterocycles. The average molecular weight is 419 g/mol. The van der Waals surface area contributed by atoms with E-state index in [1.54, 1.807) is 6.07 Å². The smallest absolute Gasteiger partial charge is 0.339 e. The molecule has 0 bridgehead atoms. The van der Waals surface area contributed by atoms with Crippen LogP contribution in [0, 0.1) is 10.1 Å². The molecule has 0 saturated heterocycles. The van der Waals surface area contributed by atoms with Crippen molar-refractivity contribution in [3.05, 3.63) is 75.5 Å². The van der Waals surface area contributed by atoms with Gasteiger partial charge in [0.15, 0.2) is 6.10 Å². The Morgan fingerprint density at radius 3 is 2.61 bits per heavy atom. The van der Waals surface area contributed by atoms with Crippen molar-refractivity contribution in [1.29, 1.82) is 0 Å². The molecule has 8 nitrogen and oxygen atoms in total. The summed E-state index contributed by atoms with van der Waals surface area (Å²) in [4.78, 5) is 41.0. The number of carbonyl (C=O) groups excluding carboxylic acids is 2. The molecule has 1 aliphatic rings. The van der Waals surface area contributed by atoms with Crippen molar-refractivity contribution in [3.63, 3.8) is 0 Å². The first-order valence-corrected chi connectivity index (χ1v) is 10.1. The van der Waals surface area contributed by atoms with Gasteiger partial charge in [0.05, 0.1) is 16.0 Å². The molecule has 1 aliphatic carbocycles.